The molecule has 0 fully saturated rings. The minimum absolute atomic E-state index is 0.115. The maximum Gasteiger partial charge on any atom is 0.339 e. The van der Waals surface area contributed by atoms with Crippen molar-refractivity contribution in [1.82, 2.24) is 9.38 Å². The van der Waals surface area contributed by atoms with Crippen molar-refractivity contribution >= 4 is 17.4 Å². The number of carboxylic acid groups (broad SMARTS) is 1. The molecule has 0 spiro atoms. The molecule has 0 atom stereocenters. The molecule has 106 valence electrons. The van der Waals surface area contributed by atoms with E-state index in [9.17, 15) is 9.90 Å². The number of ether oxygens (including phenoxy) is 1. The van der Waals surface area contributed by atoms with Gasteiger partial charge >= 0.3 is 5.97 Å². The Bertz CT molecular complexity index is 822. The van der Waals surface area contributed by atoms with Crippen molar-refractivity contribution in [2.45, 2.75) is 0 Å². The second-order valence-electron chi connectivity index (χ2n) is 4.49. The van der Waals surface area contributed by atoms with E-state index in [1.165, 1.54) is 6.07 Å². The van der Waals surface area contributed by atoms with Crippen molar-refractivity contribution in [3.05, 3.63) is 48.2 Å². The van der Waals surface area contributed by atoms with E-state index in [4.69, 9.17) is 10.5 Å². The Morgan fingerprint density at radius 2 is 2.00 bits per heavy atom. The van der Waals surface area contributed by atoms with Crippen LogP contribution in [0.1, 0.15) is 10.4 Å². The largest absolute Gasteiger partial charge is 0.497 e. The lowest BCUT2D eigenvalue weighted by molar-refractivity contribution is 0.0698. The summed E-state index contributed by atoms with van der Waals surface area (Å²) in [5, 5.41) is 9.21. The zero-order valence-electron chi connectivity index (χ0n) is 11.3. The lowest BCUT2D eigenvalue weighted by atomic mass is 10.1. The third-order valence-electron chi connectivity index (χ3n) is 3.28. The second-order valence-corrected chi connectivity index (χ2v) is 4.49. The van der Waals surface area contributed by atoms with Crippen molar-refractivity contribution in [3.63, 3.8) is 0 Å². The first kappa shape index (κ1) is 13.0. The third kappa shape index (κ3) is 2.06. The number of rotatable bonds is 3. The molecule has 6 nitrogen and oxygen atoms in total. The number of fused-ring (bicyclic) bond motifs is 1. The number of methoxy groups -OCH3 is 1. The predicted octanol–water partition coefficient (Wildman–Crippen LogP) is 2.29. The summed E-state index contributed by atoms with van der Waals surface area (Å²) in [4.78, 5) is 15.6. The van der Waals surface area contributed by atoms with Gasteiger partial charge in [0, 0.05) is 11.8 Å². The second kappa shape index (κ2) is 4.82. The highest BCUT2D eigenvalue weighted by molar-refractivity contribution is 5.95. The summed E-state index contributed by atoms with van der Waals surface area (Å²) in [6.07, 6.45) is 1.69. The number of hydrogen-bond donors (Lipinski definition) is 2. The van der Waals surface area contributed by atoms with E-state index in [0.717, 1.165) is 11.3 Å². The van der Waals surface area contributed by atoms with Gasteiger partial charge in [-0.15, -0.1) is 0 Å². The van der Waals surface area contributed by atoms with E-state index in [-0.39, 0.29) is 5.56 Å². The number of hydrogen-bond acceptors (Lipinski definition) is 4. The number of pyridine rings is 1. The van der Waals surface area contributed by atoms with Gasteiger partial charge in [0.15, 0.2) is 5.65 Å². The molecular formula is C15H13N3O3. The number of imidazole rings is 1. The quantitative estimate of drug-likeness (QED) is 0.769. The number of carbonyl (C=O) groups is 1. The minimum atomic E-state index is -1.04. The van der Waals surface area contributed by atoms with Crippen LogP contribution in [0.15, 0.2) is 42.6 Å². The number of carboxylic acids is 1. The topological polar surface area (TPSA) is 89.8 Å². The molecule has 21 heavy (non-hydrogen) atoms. The summed E-state index contributed by atoms with van der Waals surface area (Å²) in [5.74, 6) is 0.0949. The van der Waals surface area contributed by atoms with E-state index < -0.39 is 5.97 Å². The zero-order chi connectivity index (χ0) is 15.0. The Morgan fingerprint density at radius 1 is 1.29 bits per heavy atom. The van der Waals surface area contributed by atoms with Crippen molar-refractivity contribution in [2.75, 3.05) is 12.8 Å². The fraction of sp³-hybridized carbons (Fsp3) is 0.0667. The molecule has 0 radical (unpaired) electrons. The predicted molar refractivity (Wildman–Crippen MR) is 78.6 cm³/mol. The molecule has 2 aromatic heterocycles. The van der Waals surface area contributed by atoms with Gasteiger partial charge in [-0.2, -0.15) is 0 Å². The van der Waals surface area contributed by atoms with Crippen molar-refractivity contribution in [1.29, 1.82) is 0 Å². The van der Waals surface area contributed by atoms with Crippen molar-refractivity contribution in [3.8, 4) is 17.0 Å². The van der Waals surface area contributed by atoms with E-state index in [1.54, 1.807) is 35.9 Å². The minimum Gasteiger partial charge on any atom is -0.497 e. The Kier molecular flexibility index (Phi) is 2.98. The van der Waals surface area contributed by atoms with Crippen LogP contribution < -0.4 is 10.5 Å². The molecule has 0 bridgehead atoms. The van der Waals surface area contributed by atoms with Crippen LogP contribution >= 0.6 is 0 Å². The maximum absolute atomic E-state index is 11.2. The van der Waals surface area contributed by atoms with Crippen LogP contribution in [-0.4, -0.2) is 27.6 Å². The molecule has 0 aliphatic carbocycles. The van der Waals surface area contributed by atoms with E-state index in [0.29, 0.717) is 17.2 Å². The van der Waals surface area contributed by atoms with E-state index in [2.05, 4.69) is 4.98 Å². The SMILES string of the molecule is COc1ccc(-c2nc3c(C(=O)O)cccn3c2N)cc1. The number of aromatic nitrogens is 2. The maximum atomic E-state index is 11.2. The molecule has 6 heteroatoms. The van der Waals surface area contributed by atoms with Gasteiger partial charge in [-0.05, 0) is 36.4 Å². The molecule has 3 aromatic rings. The Labute approximate surface area is 120 Å². The molecule has 0 aliphatic heterocycles. The first-order chi connectivity index (χ1) is 10.1. The van der Waals surface area contributed by atoms with Crippen LogP contribution in [0, 0.1) is 0 Å². The summed E-state index contributed by atoms with van der Waals surface area (Å²) in [6.45, 7) is 0. The average molecular weight is 283 g/mol. The van der Waals surface area contributed by atoms with Gasteiger partial charge in [-0.25, -0.2) is 9.78 Å². The Hall–Kier alpha value is -3.02. The number of nitrogens with zero attached hydrogens (tertiary/aromatic N) is 2. The lowest BCUT2D eigenvalue weighted by Crippen LogP contribution is -2.01. The molecule has 3 rings (SSSR count). The van der Waals surface area contributed by atoms with Gasteiger partial charge in [-0.3, -0.25) is 4.40 Å². The molecule has 0 amide bonds. The van der Waals surface area contributed by atoms with Gasteiger partial charge in [0.1, 0.15) is 22.8 Å². The van der Waals surface area contributed by atoms with E-state index >= 15 is 0 Å². The Morgan fingerprint density at radius 3 is 2.62 bits per heavy atom. The fourth-order valence-corrected chi connectivity index (χ4v) is 2.21. The van der Waals surface area contributed by atoms with Gasteiger partial charge < -0.3 is 15.6 Å². The van der Waals surface area contributed by atoms with Gasteiger partial charge in [0.25, 0.3) is 0 Å². The van der Waals surface area contributed by atoms with Gasteiger partial charge in [-0.1, -0.05) is 0 Å². The standard InChI is InChI=1S/C15H13N3O3/c1-21-10-6-4-9(5-7-10)12-13(16)18-8-2-3-11(15(19)20)14(18)17-12/h2-8H,16H2,1H3,(H,19,20). The summed E-state index contributed by atoms with van der Waals surface area (Å²) in [6, 6.07) is 10.4. The average Bonchev–Trinajstić information content (AvgIpc) is 2.84. The highest BCUT2D eigenvalue weighted by Gasteiger charge is 2.16. The smallest absolute Gasteiger partial charge is 0.339 e. The number of aromatic carboxylic acids is 1. The molecule has 3 N–H and O–H groups in total. The van der Waals surface area contributed by atoms with Crippen molar-refractivity contribution in [2.24, 2.45) is 0 Å². The lowest BCUT2D eigenvalue weighted by Gasteiger charge is -2.02. The first-order valence-electron chi connectivity index (χ1n) is 6.26. The molecule has 0 aliphatic rings. The third-order valence-corrected chi connectivity index (χ3v) is 3.28. The summed E-state index contributed by atoms with van der Waals surface area (Å²) >= 11 is 0. The van der Waals surface area contributed by atoms with Crippen LogP contribution in [-0.2, 0) is 0 Å². The Balaban J connectivity index is 2.21. The summed E-state index contributed by atoms with van der Waals surface area (Å²) in [7, 11) is 1.59. The molecule has 0 saturated heterocycles. The monoisotopic (exact) mass is 283 g/mol. The van der Waals surface area contributed by atoms with Gasteiger partial charge in [0.05, 0.1) is 7.11 Å². The van der Waals surface area contributed by atoms with Crippen LogP contribution in [0.2, 0.25) is 0 Å². The van der Waals surface area contributed by atoms with Crippen LogP contribution in [0.3, 0.4) is 0 Å². The molecule has 0 unspecified atom stereocenters. The highest BCUT2D eigenvalue weighted by atomic mass is 16.5. The van der Waals surface area contributed by atoms with Gasteiger partial charge in [0.2, 0.25) is 0 Å². The van der Waals surface area contributed by atoms with E-state index in [1.807, 2.05) is 12.1 Å². The first-order valence-corrected chi connectivity index (χ1v) is 6.26. The van der Waals surface area contributed by atoms with Crippen LogP contribution in [0.5, 0.6) is 5.75 Å². The normalized spacial score (nSPS) is 10.7. The molecular weight excluding hydrogens is 270 g/mol. The highest BCUT2D eigenvalue weighted by Crippen LogP contribution is 2.28. The summed E-state index contributed by atoms with van der Waals surface area (Å²) < 4.78 is 6.68. The number of benzene rings is 1. The number of anilines is 1. The van der Waals surface area contributed by atoms with Crippen LogP contribution in [0.25, 0.3) is 16.9 Å². The molecule has 0 saturated carbocycles. The fourth-order valence-electron chi connectivity index (χ4n) is 2.21. The zero-order valence-corrected chi connectivity index (χ0v) is 11.3. The van der Waals surface area contributed by atoms with Crippen molar-refractivity contribution < 1.29 is 14.6 Å². The van der Waals surface area contributed by atoms with Crippen LogP contribution in [0.4, 0.5) is 5.82 Å². The number of nitrogens with two attached hydrogens (primary N) is 1. The summed E-state index contributed by atoms with van der Waals surface area (Å²) in [5.41, 5.74) is 7.88. The number of nitrogen functional groups attached to an aromatic ring is 1. The molecule has 1 aromatic carbocycles. The molecule has 2 heterocycles.